The lowest BCUT2D eigenvalue weighted by atomic mass is 9.50. The summed E-state index contributed by atoms with van der Waals surface area (Å²) in [5.41, 5.74) is 1.13. The van der Waals surface area contributed by atoms with Crippen LogP contribution in [0.15, 0.2) is 12.4 Å². The Morgan fingerprint density at radius 3 is 2.18 bits per heavy atom. The standard InChI is InChI=1S/C7H11BN2O/c1-8(2)6-4-9-7(11-3)10-5-6/h4-5H,1-3H3. The lowest BCUT2D eigenvalue weighted by Gasteiger charge is -2.00. The molecule has 4 heteroatoms. The number of nitrogens with zero attached hydrogens (tertiary/aromatic N) is 2. The molecule has 1 rings (SSSR count). The number of hydrogen-bond acceptors (Lipinski definition) is 3. The predicted octanol–water partition coefficient (Wildman–Crippen LogP) is 0.447. The normalized spacial score (nSPS) is 9.36. The molecule has 0 unspecified atom stereocenters. The smallest absolute Gasteiger partial charge is 0.315 e. The summed E-state index contributed by atoms with van der Waals surface area (Å²) in [4.78, 5) is 7.97. The highest BCUT2D eigenvalue weighted by Crippen LogP contribution is 1.94. The molecule has 1 aromatic heterocycles. The van der Waals surface area contributed by atoms with Crippen LogP contribution < -0.4 is 10.2 Å². The summed E-state index contributed by atoms with van der Waals surface area (Å²) >= 11 is 0. The van der Waals surface area contributed by atoms with Crippen LogP contribution >= 0.6 is 0 Å². The molecule has 0 aromatic carbocycles. The zero-order chi connectivity index (χ0) is 8.27. The monoisotopic (exact) mass is 150 g/mol. The predicted molar refractivity (Wildman–Crippen MR) is 45.7 cm³/mol. The van der Waals surface area contributed by atoms with Crippen LogP contribution in [0.3, 0.4) is 0 Å². The molecule has 0 radical (unpaired) electrons. The van der Waals surface area contributed by atoms with Crippen LogP contribution in [-0.2, 0) is 0 Å². The van der Waals surface area contributed by atoms with Crippen molar-refractivity contribution < 1.29 is 4.74 Å². The first-order chi connectivity index (χ1) is 5.24. The van der Waals surface area contributed by atoms with Gasteiger partial charge in [0.2, 0.25) is 0 Å². The summed E-state index contributed by atoms with van der Waals surface area (Å²) in [5.74, 6) is 0. The van der Waals surface area contributed by atoms with Crippen molar-refractivity contribution in [3.05, 3.63) is 12.4 Å². The molecule has 1 heterocycles. The van der Waals surface area contributed by atoms with Gasteiger partial charge in [0.15, 0.2) is 6.71 Å². The van der Waals surface area contributed by atoms with Crippen molar-refractivity contribution in [2.75, 3.05) is 7.11 Å². The van der Waals surface area contributed by atoms with E-state index in [1.807, 2.05) is 0 Å². The van der Waals surface area contributed by atoms with Crippen LogP contribution in [0.25, 0.3) is 0 Å². The van der Waals surface area contributed by atoms with Crippen LogP contribution in [0.4, 0.5) is 0 Å². The van der Waals surface area contributed by atoms with Crippen molar-refractivity contribution >= 4 is 12.2 Å². The van der Waals surface area contributed by atoms with Gasteiger partial charge in [-0.05, 0) is 5.46 Å². The first-order valence-corrected chi connectivity index (χ1v) is 3.60. The van der Waals surface area contributed by atoms with Crippen LogP contribution in [0.5, 0.6) is 6.01 Å². The average molecular weight is 150 g/mol. The minimum Gasteiger partial charge on any atom is -0.467 e. The third-order valence-corrected chi connectivity index (χ3v) is 1.50. The second-order valence-electron chi connectivity index (χ2n) is 2.66. The molecule has 0 saturated heterocycles. The average Bonchev–Trinajstić information content (AvgIpc) is 2.05. The van der Waals surface area contributed by atoms with Gasteiger partial charge in [-0.3, -0.25) is 0 Å². The molecule has 0 spiro atoms. The van der Waals surface area contributed by atoms with Crippen molar-refractivity contribution in [2.45, 2.75) is 13.6 Å². The molecule has 0 amide bonds. The zero-order valence-corrected chi connectivity index (χ0v) is 7.03. The van der Waals surface area contributed by atoms with Gasteiger partial charge in [-0.2, -0.15) is 0 Å². The van der Waals surface area contributed by atoms with Crippen LogP contribution in [0, 0.1) is 0 Å². The maximum atomic E-state index is 4.83. The summed E-state index contributed by atoms with van der Waals surface area (Å²) in [5, 5.41) is 0. The molecule has 0 aliphatic heterocycles. The van der Waals surface area contributed by atoms with Gasteiger partial charge in [-0.25, -0.2) is 9.97 Å². The Labute approximate surface area is 66.9 Å². The first-order valence-electron chi connectivity index (χ1n) is 3.60. The van der Waals surface area contributed by atoms with Gasteiger partial charge >= 0.3 is 6.01 Å². The van der Waals surface area contributed by atoms with Crippen molar-refractivity contribution in [3.8, 4) is 6.01 Å². The lowest BCUT2D eigenvalue weighted by molar-refractivity contribution is 0.380. The largest absolute Gasteiger partial charge is 0.467 e. The minimum atomic E-state index is 0.425. The van der Waals surface area contributed by atoms with Gasteiger partial charge in [0.05, 0.1) is 7.11 Å². The van der Waals surface area contributed by atoms with Gasteiger partial charge in [-0.15, -0.1) is 0 Å². The van der Waals surface area contributed by atoms with Gasteiger partial charge in [0, 0.05) is 12.4 Å². The lowest BCUT2D eigenvalue weighted by Crippen LogP contribution is -2.23. The molecular formula is C7H11BN2O. The number of hydrogen-bond donors (Lipinski definition) is 0. The molecule has 0 N–H and O–H groups in total. The number of rotatable bonds is 2. The summed E-state index contributed by atoms with van der Waals surface area (Å²) in [6.45, 7) is 4.68. The summed E-state index contributed by atoms with van der Waals surface area (Å²) in [6.07, 6.45) is 3.58. The highest BCUT2D eigenvalue weighted by molar-refractivity contribution is 6.70. The molecule has 11 heavy (non-hydrogen) atoms. The van der Waals surface area contributed by atoms with Crippen molar-refractivity contribution in [3.63, 3.8) is 0 Å². The van der Waals surface area contributed by atoms with E-state index in [0.717, 1.165) is 5.46 Å². The van der Waals surface area contributed by atoms with Crippen molar-refractivity contribution in [1.82, 2.24) is 9.97 Å². The fraction of sp³-hybridized carbons (Fsp3) is 0.429. The fourth-order valence-corrected chi connectivity index (χ4v) is 0.730. The van der Waals surface area contributed by atoms with Crippen LogP contribution in [0.1, 0.15) is 0 Å². The molecular weight excluding hydrogens is 139 g/mol. The number of aromatic nitrogens is 2. The van der Waals surface area contributed by atoms with Gasteiger partial charge in [-0.1, -0.05) is 13.6 Å². The topological polar surface area (TPSA) is 35.0 Å². The van der Waals surface area contributed by atoms with Gasteiger partial charge in [0.1, 0.15) is 0 Å². The SMILES string of the molecule is COc1ncc(B(C)C)cn1. The molecule has 0 fully saturated rings. The van der Waals surface area contributed by atoms with E-state index in [0.29, 0.717) is 12.7 Å². The minimum absolute atomic E-state index is 0.425. The molecule has 1 aromatic rings. The number of methoxy groups -OCH3 is 1. The molecule has 0 atom stereocenters. The van der Waals surface area contributed by atoms with Crippen molar-refractivity contribution in [2.24, 2.45) is 0 Å². The van der Waals surface area contributed by atoms with E-state index in [1.165, 1.54) is 0 Å². The third kappa shape index (κ3) is 1.93. The Bertz CT molecular complexity index is 222. The molecule has 0 bridgehead atoms. The van der Waals surface area contributed by atoms with Crippen LogP contribution in [0.2, 0.25) is 13.6 Å². The highest BCUT2D eigenvalue weighted by Gasteiger charge is 2.03. The van der Waals surface area contributed by atoms with E-state index < -0.39 is 0 Å². The summed E-state index contributed by atoms with van der Waals surface area (Å²) in [7, 11) is 1.56. The quantitative estimate of drug-likeness (QED) is 0.574. The Morgan fingerprint density at radius 2 is 1.82 bits per heavy atom. The Balaban J connectivity index is 2.83. The van der Waals surface area contributed by atoms with Crippen molar-refractivity contribution in [1.29, 1.82) is 0 Å². The van der Waals surface area contributed by atoms with E-state index >= 15 is 0 Å². The molecule has 0 aliphatic rings. The van der Waals surface area contributed by atoms with Gasteiger partial charge in [0.25, 0.3) is 0 Å². The zero-order valence-electron chi connectivity index (χ0n) is 7.03. The summed E-state index contributed by atoms with van der Waals surface area (Å²) in [6, 6.07) is 0.425. The molecule has 3 nitrogen and oxygen atoms in total. The molecule has 0 aliphatic carbocycles. The highest BCUT2D eigenvalue weighted by atomic mass is 16.5. The Hall–Kier alpha value is -1.06. The second-order valence-corrected chi connectivity index (χ2v) is 2.66. The maximum Gasteiger partial charge on any atom is 0.315 e. The fourth-order valence-electron chi connectivity index (χ4n) is 0.730. The van der Waals surface area contributed by atoms with Crippen LogP contribution in [-0.4, -0.2) is 23.8 Å². The van der Waals surface area contributed by atoms with E-state index in [1.54, 1.807) is 19.5 Å². The third-order valence-electron chi connectivity index (χ3n) is 1.50. The first kappa shape index (κ1) is 8.05. The molecule has 58 valence electrons. The second kappa shape index (κ2) is 3.37. The van der Waals surface area contributed by atoms with E-state index in [-0.39, 0.29) is 0 Å². The number of ether oxygens (including phenoxy) is 1. The summed E-state index contributed by atoms with van der Waals surface area (Å²) < 4.78 is 4.83. The van der Waals surface area contributed by atoms with E-state index in [2.05, 4.69) is 23.6 Å². The van der Waals surface area contributed by atoms with Gasteiger partial charge < -0.3 is 4.74 Å². The van der Waals surface area contributed by atoms with E-state index in [9.17, 15) is 0 Å². The van der Waals surface area contributed by atoms with E-state index in [4.69, 9.17) is 4.74 Å². The Morgan fingerprint density at radius 1 is 1.27 bits per heavy atom. The maximum absolute atomic E-state index is 4.83. The molecule has 0 saturated carbocycles. The Kier molecular flexibility index (Phi) is 2.46.